The Morgan fingerprint density at radius 2 is 2.26 bits per heavy atom. The van der Waals surface area contributed by atoms with Gasteiger partial charge >= 0.3 is 5.97 Å². The van der Waals surface area contributed by atoms with Crippen LogP contribution in [0, 0.1) is 5.41 Å². The summed E-state index contributed by atoms with van der Waals surface area (Å²) < 4.78 is 5.66. The first-order chi connectivity index (χ1) is 9.13. The van der Waals surface area contributed by atoms with Crippen LogP contribution in [0.15, 0.2) is 16.8 Å². The Morgan fingerprint density at radius 3 is 2.84 bits per heavy atom. The number of hydrogen-bond acceptors (Lipinski definition) is 4. The summed E-state index contributed by atoms with van der Waals surface area (Å²) in [7, 11) is 0. The smallest absolute Gasteiger partial charge is 0.319 e. The molecule has 0 bridgehead atoms. The zero-order valence-corrected chi connectivity index (χ0v) is 11.2. The average Bonchev–Trinajstić information content (AvgIpc) is 3.06. The molecule has 1 aliphatic carbocycles. The molecule has 19 heavy (non-hydrogen) atoms. The second kappa shape index (κ2) is 4.61. The first-order valence-corrected chi connectivity index (χ1v) is 7.24. The average molecular weight is 281 g/mol. The summed E-state index contributed by atoms with van der Waals surface area (Å²) in [5.74, 6) is -1.24. The van der Waals surface area contributed by atoms with Gasteiger partial charge in [0.25, 0.3) is 0 Å². The topological polar surface area (TPSA) is 66.8 Å². The van der Waals surface area contributed by atoms with Gasteiger partial charge in [0.05, 0.1) is 13.2 Å². The number of carboxylic acid groups (broad SMARTS) is 1. The summed E-state index contributed by atoms with van der Waals surface area (Å²) in [5, 5.41) is 13.2. The van der Waals surface area contributed by atoms with E-state index in [-0.39, 0.29) is 12.0 Å². The minimum Gasteiger partial charge on any atom is -0.480 e. The third-order valence-electron chi connectivity index (χ3n) is 3.84. The first-order valence-electron chi connectivity index (χ1n) is 6.30. The molecule has 0 aromatic carbocycles. The van der Waals surface area contributed by atoms with E-state index in [9.17, 15) is 14.7 Å². The number of carboxylic acids is 1. The van der Waals surface area contributed by atoms with Crippen LogP contribution in [0.1, 0.15) is 24.5 Å². The van der Waals surface area contributed by atoms with Crippen molar-refractivity contribution in [2.75, 3.05) is 19.7 Å². The van der Waals surface area contributed by atoms with Gasteiger partial charge in [-0.3, -0.25) is 9.59 Å². The summed E-state index contributed by atoms with van der Waals surface area (Å²) >= 11 is 1.59. The minimum atomic E-state index is -1.14. The van der Waals surface area contributed by atoms with Gasteiger partial charge in [0.1, 0.15) is 11.5 Å². The van der Waals surface area contributed by atoms with Gasteiger partial charge in [-0.2, -0.15) is 11.3 Å². The first kappa shape index (κ1) is 12.6. The molecular formula is C13H15NO4S. The third-order valence-corrected chi connectivity index (χ3v) is 4.54. The molecule has 1 saturated heterocycles. The summed E-state index contributed by atoms with van der Waals surface area (Å²) in [6.07, 6.45) is 0.789. The van der Waals surface area contributed by atoms with Crippen molar-refractivity contribution in [2.24, 2.45) is 5.41 Å². The van der Waals surface area contributed by atoms with E-state index in [0.717, 1.165) is 5.56 Å². The fourth-order valence-corrected chi connectivity index (χ4v) is 3.14. The summed E-state index contributed by atoms with van der Waals surface area (Å²) in [6.45, 7) is 1.39. The highest BCUT2D eigenvalue weighted by molar-refractivity contribution is 7.07. The van der Waals surface area contributed by atoms with Crippen molar-refractivity contribution in [3.05, 3.63) is 22.4 Å². The lowest BCUT2D eigenvalue weighted by Gasteiger charge is -2.34. The molecule has 1 N–H and O–H groups in total. The summed E-state index contributed by atoms with van der Waals surface area (Å²) in [5.41, 5.74) is -0.0843. The maximum absolute atomic E-state index is 12.3. The van der Waals surface area contributed by atoms with E-state index in [2.05, 4.69) is 0 Å². The Bertz CT molecular complexity index is 495. The molecule has 0 spiro atoms. The van der Waals surface area contributed by atoms with Crippen molar-refractivity contribution >= 4 is 23.2 Å². The van der Waals surface area contributed by atoms with E-state index < -0.39 is 11.4 Å². The van der Waals surface area contributed by atoms with Gasteiger partial charge in [0.2, 0.25) is 5.91 Å². The lowest BCUT2D eigenvalue weighted by atomic mass is 10.0. The van der Waals surface area contributed by atoms with E-state index in [1.54, 1.807) is 16.2 Å². The van der Waals surface area contributed by atoms with Crippen LogP contribution >= 0.6 is 11.3 Å². The highest BCUT2D eigenvalue weighted by Gasteiger charge is 2.58. The van der Waals surface area contributed by atoms with E-state index in [0.29, 0.717) is 32.5 Å². The predicted molar refractivity (Wildman–Crippen MR) is 68.9 cm³/mol. The molecule has 5 nitrogen and oxygen atoms in total. The van der Waals surface area contributed by atoms with Crippen LogP contribution in [0.5, 0.6) is 0 Å². The molecule has 1 aromatic rings. The number of morpholine rings is 1. The molecule has 1 amide bonds. The molecule has 3 rings (SSSR count). The van der Waals surface area contributed by atoms with Gasteiger partial charge in [-0.15, -0.1) is 0 Å². The number of hydrogen-bond donors (Lipinski definition) is 1. The lowest BCUT2D eigenvalue weighted by molar-refractivity contribution is -0.157. The van der Waals surface area contributed by atoms with Crippen LogP contribution in [-0.2, 0) is 14.3 Å². The van der Waals surface area contributed by atoms with E-state index in [1.807, 2.05) is 16.8 Å². The molecule has 1 aliphatic heterocycles. The number of ether oxygens (including phenoxy) is 1. The monoisotopic (exact) mass is 281 g/mol. The molecule has 1 atom stereocenters. The predicted octanol–water partition coefficient (Wildman–Crippen LogP) is 1.51. The Labute approximate surface area is 114 Å². The Morgan fingerprint density at radius 1 is 1.47 bits per heavy atom. The van der Waals surface area contributed by atoms with E-state index in [1.165, 1.54) is 0 Å². The number of amides is 1. The van der Waals surface area contributed by atoms with Crippen LogP contribution < -0.4 is 0 Å². The van der Waals surface area contributed by atoms with Crippen LogP contribution in [0.2, 0.25) is 0 Å². The Hall–Kier alpha value is -1.40. The molecule has 1 saturated carbocycles. The molecule has 1 unspecified atom stereocenters. The summed E-state index contributed by atoms with van der Waals surface area (Å²) in [6, 6.07) is 1.98. The van der Waals surface area contributed by atoms with Crippen molar-refractivity contribution in [3.8, 4) is 0 Å². The quantitative estimate of drug-likeness (QED) is 0.853. The number of rotatable bonds is 3. The highest BCUT2D eigenvalue weighted by Crippen LogP contribution is 2.48. The molecule has 2 fully saturated rings. The number of thiophene rings is 1. The molecule has 0 radical (unpaired) electrons. The second-order valence-electron chi connectivity index (χ2n) is 5.05. The zero-order valence-electron chi connectivity index (χ0n) is 10.4. The molecule has 2 aliphatic rings. The number of nitrogens with zero attached hydrogens (tertiary/aromatic N) is 1. The van der Waals surface area contributed by atoms with Crippen molar-refractivity contribution < 1.29 is 19.4 Å². The Balaban J connectivity index is 1.72. The van der Waals surface area contributed by atoms with Crippen LogP contribution in [0.3, 0.4) is 0 Å². The second-order valence-corrected chi connectivity index (χ2v) is 5.83. The highest BCUT2D eigenvalue weighted by atomic mass is 32.1. The van der Waals surface area contributed by atoms with Gasteiger partial charge in [-0.05, 0) is 35.2 Å². The zero-order chi connectivity index (χ0) is 13.5. The largest absolute Gasteiger partial charge is 0.480 e. The van der Waals surface area contributed by atoms with Crippen molar-refractivity contribution in [2.45, 2.75) is 18.9 Å². The third kappa shape index (κ3) is 2.15. The van der Waals surface area contributed by atoms with Crippen molar-refractivity contribution in [3.63, 3.8) is 0 Å². The fraction of sp³-hybridized carbons (Fsp3) is 0.538. The van der Waals surface area contributed by atoms with Crippen LogP contribution in [0.25, 0.3) is 0 Å². The van der Waals surface area contributed by atoms with Crippen LogP contribution in [-0.4, -0.2) is 41.6 Å². The van der Waals surface area contributed by atoms with Gasteiger partial charge in [0.15, 0.2) is 0 Å². The standard InChI is InChI=1S/C13H15NO4S/c15-11(13(2-3-13)12(16)17)14-4-5-18-10(7-14)9-1-6-19-8-9/h1,6,8,10H,2-5,7H2,(H,16,17). The van der Waals surface area contributed by atoms with Gasteiger partial charge in [-0.1, -0.05) is 0 Å². The van der Waals surface area contributed by atoms with E-state index in [4.69, 9.17) is 4.74 Å². The normalized spacial score (nSPS) is 25.1. The molecular weight excluding hydrogens is 266 g/mol. The minimum absolute atomic E-state index is 0.131. The maximum atomic E-state index is 12.3. The van der Waals surface area contributed by atoms with Gasteiger partial charge in [0, 0.05) is 6.54 Å². The van der Waals surface area contributed by atoms with Gasteiger partial charge in [-0.25, -0.2) is 0 Å². The molecule has 1 aromatic heterocycles. The number of carbonyl (C=O) groups excluding carboxylic acids is 1. The molecule has 6 heteroatoms. The van der Waals surface area contributed by atoms with E-state index >= 15 is 0 Å². The van der Waals surface area contributed by atoms with Crippen LogP contribution in [0.4, 0.5) is 0 Å². The van der Waals surface area contributed by atoms with Crippen molar-refractivity contribution in [1.82, 2.24) is 4.90 Å². The van der Waals surface area contributed by atoms with Crippen molar-refractivity contribution in [1.29, 1.82) is 0 Å². The van der Waals surface area contributed by atoms with Gasteiger partial charge < -0.3 is 14.7 Å². The Kier molecular flexibility index (Phi) is 3.06. The molecule has 2 heterocycles. The number of carbonyl (C=O) groups is 2. The molecule has 102 valence electrons. The summed E-state index contributed by atoms with van der Waals surface area (Å²) in [4.78, 5) is 25.2. The SMILES string of the molecule is O=C(O)C1(C(=O)N2CCOC(c3ccsc3)C2)CC1. The lowest BCUT2D eigenvalue weighted by Crippen LogP contribution is -2.47. The fourth-order valence-electron chi connectivity index (χ4n) is 2.44. The number of aliphatic carboxylic acids is 1. The maximum Gasteiger partial charge on any atom is 0.319 e.